The lowest BCUT2D eigenvalue weighted by atomic mass is 10.0. The summed E-state index contributed by atoms with van der Waals surface area (Å²) in [7, 11) is 2.17. The first-order chi connectivity index (χ1) is 9.13. The van der Waals surface area contributed by atoms with Crippen LogP contribution in [0.1, 0.15) is 32.3 Å². The molecule has 1 aliphatic heterocycles. The molecule has 1 aliphatic rings. The Balaban J connectivity index is 2.18. The van der Waals surface area contributed by atoms with Crippen molar-refractivity contribution < 1.29 is 4.74 Å². The van der Waals surface area contributed by atoms with Crippen LogP contribution in [0.4, 0.5) is 5.69 Å². The minimum atomic E-state index is 0.242. The normalized spacial score (nSPS) is 24.4. The lowest BCUT2D eigenvalue weighted by Gasteiger charge is -2.31. The second-order valence-corrected chi connectivity index (χ2v) is 5.54. The number of ether oxygens (including phenoxy) is 1. The Morgan fingerprint density at radius 3 is 2.79 bits per heavy atom. The molecule has 0 amide bonds. The van der Waals surface area contributed by atoms with Crippen LogP contribution >= 0.6 is 0 Å². The average molecular weight is 262 g/mol. The van der Waals surface area contributed by atoms with Crippen LogP contribution in [0.15, 0.2) is 24.3 Å². The second kappa shape index (κ2) is 6.40. The minimum Gasteiger partial charge on any atom is -0.376 e. The summed E-state index contributed by atoms with van der Waals surface area (Å²) in [6.07, 6.45) is 3.36. The van der Waals surface area contributed by atoms with Crippen molar-refractivity contribution in [3.05, 3.63) is 29.8 Å². The van der Waals surface area contributed by atoms with Crippen LogP contribution in [-0.2, 0) is 11.2 Å². The number of hydrogen-bond donors (Lipinski definition) is 1. The lowest BCUT2D eigenvalue weighted by molar-refractivity contribution is 0.118. The molecule has 106 valence electrons. The van der Waals surface area contributed by atoms with Crippen molar-refractivity contribution in [2.24, 2.45) is 5.73 Å². The molecular formula is C16H26N2O. The van der Waals surface area contributed by atoms with Crippen molar-refractivity contribution in [1.29, 1.82) is 0 Å². The molecule has 0 spiro atoms. The Bertz CT molecular complexity index is 407. The Hall–Kier alpha value is -1.06. The minimum absolute atomic E-state index is 0.242. The smallest absolute Gasteiger partial charge is 0.0750 e. The predicted molar refractivity (Wildman–Crippen MR) is 80.6 cm³/mol. The molecule has 0 aromatic heterocycles. The van der Waals surface area contributed by atoms with E-state index in [2.05, 4.69) is 50.1 Å². The molecule has 1 fully saturated rings. The van der Waals surface area contributed by atoms with E-state index in [0.29, 0.717) is 12.1 Å². The molecular weight excluding hydrogens is 236 g/mol. The van der Waals surface area contributed by atoms with E-state index in [1.165, 1.54) is 11.3 Å². The van der Waals surface area contributed by atoms with E-state index in [1.54, 1.807) is 0 Å². The second-order valence-electron chi connectivity index (χ2n) is 5.54. The maximum atomic E-state index is 6.11. The zero-order valence-electron chi connectivity index (χ0n) is 12.3. The van der Waals surface area contributed by atoms with Gasteiger partial charge < -0.3 is 15.4 Å². The summed E-state index contributed by atoms with van der Waals surface area (Å²) in [5.74, 6) is 0. The van der Waals surface area contributed by atoms with Gasteiger partial charge in [0.15, 0.2) is 0 Å². The van der Waals surface area contributed by atoms with Gasteiger partial charge in [-0.3, -0.25) is 0 Å². The van der Waals surface area contributed by atoms with Gasteiger partial charge in [-0.1, -0.05) is 25.1 Å². The van der Waals surface area contributed by atoms with Crippen LogP contribution in [0.3, 0.4) is 0 Å². The third-order valence-corrected chi connectivity index (χ3v) is 4.21. The molecule has 3 nitrogen and oxygen atoms in total. The van der Waals surface area contributed by atoms with Gasteiger partial charge in [0, 0.05) is 25.4 Å². The monoisotopic (exact) mass is 262 g/mol. The molecule has 3 atom stereocenters. The molecule has 0 bridgehead atoms. The highest BCUT2D eigenvalue weighted by Crippen LogP contribution is 2.27. The molecule has 1 aromatic carbocycles. The van der Waals surface area contributed by atoms with Crippen LogP contribution < -0.4 is 10.6 Å². The van der Waals surface area contributed by atoms with Gasteiger partial charge in [-0.2, -0.15) is 0 Å². The Morgan fingerprint density at radius 2 is 2.16 bits per heavy atom. The first-order valence-electron chi connectivity index (χ1n) is 7.31. The SMILES string of the molecule is CCC(N)Cc1ccccc1N(C)C1CCOC1C. The summed E-state index contributed by atoms with van der Waals surface area (Å²) >= 11 is 0. The van der Waals surface area contributed by atoms with Crippen LogP contribution in [0.25, 0.3) is 0 Å². The number of anilines is 1. The quantitative estimate of drug-likeness (QED) is 0.886. The Morgan fingerprint density at radius 1 is 1.42 bits per heavy atom. The molecule has 1 heterocycles. The number of likely N-dealkylation sites (N-methyl/N-ethyl adjacent to an activating group) is 1. The van der Waals surface area contributed by atoms with Crippen LogP contribution in [0.2, 0.25) is 0 Å². The standard InChI is InChI=1S/C16H26N2O/c1-4-14(17)11-13-7-5-6-8-16(13)18(3)15-9-10-19-12(15)2/h5-8,12,14-15H,4,9-11,17H2,1-3H3. The molecule has 0 saturated carbocycles. The molecule has 1 saturated heterocycles. The highest BCUT2D eigenvalue weighted by Gasteiger charge is 2.28. The predicted octanol–water partition coefficient (Wildman–Crippen LogP) is 2.58. The summed E-state index contributed by atoms with van der Waals surface area (Å²) in [5, 5.41) is 0. The van der Waals surface area contributed by atoms with Crippen LogP contribution in [0, 0.1) is 0 Å². The van der Waals surface area contributed by atoms with Gasteiger partial charge in [0.25, 0.3) is 0 Å². The van der Waals surface area contributed by atoms with Crippen LogP contribution in [0.5, 0.6) is 0 Å². The van der Waals surface area contributed by atoms with Gasteiger partial charge in [-0.05, 0) is 37.8 Å². The highest BCUT2D eigenvalue weighted by atomic mass is 16.5. The fourth-order valence-electron chi connectivity index (χ4n) is 2.86. The van der Waals surface area contributed by atoms with E-state index in [0.717, 1.165) is 25.9 Å². The van der Waals surface area contributed by atoms with E-state index in [1.807, 2.05) is 0 Å². The van der Waals surface area contributed by atoms with Crippen molar-refractivity contribution in [2.75, 3.05) is 18.6 Å². The van der Waals surface area contributed by atoms with Gasteiger partial charge in [0.05, 0.1) is 12.1 Å². The van der Waals surface area contributed by atoms with E-state index >= 15 is 0 Å². The zero-order valence-corrected chi connectivity index (χ0v) is 12.3. The molecule has 19 heavy (non-hydrogen) atoms. The Labute approximate surface area is 116 Å². The molecule has 2 rings (SSSR count). The van der Waals surface area contributed by atoms with E-state index < -0.39 is 0 Å². The van der Waals surface area contributed by atoms with Gasteiger partial charge in [-0.25, -0.2) is 0 Å². The molecule has 1 aromatic rings. The number of hydrogen-bond acceptors (Lipinski definition) is 3. The van der Waals surface area contributed by atoms with Gasteiger partial charge in [-0.15, -0.1) is 0 Å². The number of rotatable bonds is 5. The fraction of sp³-hybridized carbons (Fsp3) is 0.625. The number of nitrogens with two attached hydrogens (primary N) is 1. The number of benzene rings is 1. The maximum Gasteiger partial charge on any atom is 0.0750 e. The summed E-state index contributed by atoms with van der Waals surface area (Å²) in [5.41, 5.74) is 8.76. The molecule has 2 N–H and O–H groups in total. The van der Waals surface area contributed by atoms with E-state index in [9.17, 15) is 0 Å². The van der Waals surface area contributed by atoms with Gasteiger partial charge in [0.2, 0.25) is 0 Å². The summed E-state index contributed by atoms with van der Waals surface area (Å²) in [6.45, 7) is 5.17. The average Bonchev–Trinajstić information content (AvgIpc) is 2.84. The molecule has 0 radical (unpaired) electrons. The summed E-state index contributed by atoms with van der Waals surface area (Å²) in [4.78, 5) is 2.37. The number of nitrogens with zero attached hydrogens (tertiary/aromatic N) is 1. The largest absolute Gasteiger partial charge is 0.376 e. The first kappa shape index (κ1) is 14.4. The highest BCUT2D eigenvalue weighted by molar-refractivity contribution is 5.54. The Kier molecular flexibility index (Phi) is 4.83. The van der Waals surface area contributed by atoms with Gasteiger partial charge in [0.1, 0.15) is 0 Å². The van der Waals surface area contributed by atoms with Crippen molar-refractivity contribution >= 4 is 5.69 Å². The number of para-hydroxylation sites is 1. The van der Waals surface area contributed by atoms with E-state index in [4.69, 9.17) is 10.5 Å². The van der Waals surface area contributed by atoms with Crippen molar-refractivity contribution in [2.45, 2.75) is 51.3 Å². The molecule has 0 aliphatic carbocycles. The zero-order chi connectivity index (χ0) is 13.8. The van der Waals surface area contributed by atoms with Crippen LogP contribution in [-0.4, -0.2) is 31.8 Å². The molecule has 3 heteroatoms. The maximum absolute atomic E-state index is 6.11. The third-order valence-electron chi connectivity index (χ3n) is 4.21. The summed E-state index contributed by atoms with van der Waals surface area (Å²) < 4.78 is 5.68. The topological polar surface area (TPSA) is 38.5 Å². The first-order valence-corrected chi connectivity index (χ1v) is 7.31. The summed E-state index contributed by atoms with van der Waals surface area (Å²) in [6, 6.07) is 9.31. The van der Waals surface area contributed by atoms with Gasteiger partial charge >= 0.3 is 0 Å². The van der Waals surface area contributed by atoms with Crippen molar-refractivity contribution in [3.8, 4) is 0 Å². The van der Waals surface area contributed by atoms with Crippen molar-refractivity contribution in [1.82, 2.24) is 0 Å². The molecule has 3 unspecified atom stereocenters. The van der Waals surface area contributed by atoms with Crippen molar-refractivity contribution in [3.63, 3.8) is 0 Å². The third kappa shape index (κ3) is 3.28. The fourth-order valence-corrected chi connectivity index (χ4v) is 2.86. The lowest BCUT2D eigenvalue weighted by Crippen LogP contribution is -2.37. The van der Waals surface area contributed by atoms with E-state index in [-0.39, 0.29) is 6.04 Å².